The highest BCUT2D eigenvalue weighted by Gasteiger charge is 2.47. The summed E-state index contributed by atoms with van der Waals surface area (Å²) in [6.07, 6.45) is 10.1. The number of aromatic nitrogens is 14. The molecule has 15 N–H and O–H groups in total. The first-order valence-corrected chi connectivity index (χ1v) is 50.2. The summed E-state index contributed by atoms with van der Waals surface area (Å²) >= 11 is 5.79. The summed E-state index contributed by atoms with van der Waals surface area (Å²) in [7, 11) is -15.1. The fourth-order valence-corrected chi connectivity index (χ4v) is 18.7. The largest absolute Gasteiger partial charge is 0.573 e. The number of carbonyl (C=O) groups excluding carboxylic acids is 4. The van der Waals surface area contributed by atoms with Gasteiger partial charge in [0.1, 0.15) is 66.8 Å². The second kappa shape index (κ2) is 47.5. The van der Waals surface area contributed by atoms with Crippen molar-refractivity contribution in [1.82, 2.24) is 67.9 Å². The molecule has 3 aromatic carbocycles. The lowest BCUT2D eigenvalue weighted by molar-refractivity contribution is -0.274. The van der Waals surface area contributed by atoms with Crippen LogP contribution in [-0.2, 0) is 104 Å². The lowest BCUT2D eigenvalue weighted by Gasteiger charge is -2.19. The number of benzene rings is 3. The van der Waals surface area contributed by atoms with Gasteiger partial charge in [-0.1, -0.05) is 66.2 Å². The molecular weight excluding hydrogens is 2030 g/mol. The number of ketones is 4. The Balaban J connectivity index is 0.000000162. The van der Waals surface area contributed by atoms with Gasteiger partial charge in [0.25, 0.3) is 5.56 Å². The summed E-state index contributed by atoms with van der Waals surface area (Å²) in [6, 6.07) is 25.6. The average molecular weight is 2120 g/mol. The zero-order valence-electron chi connectivity index (χ0n) is 76.1. The SMILES string of the molecule is Cn1cccc(Cn2ccc(C(=O)c3cncnc3C[C@@H]3C[C@H](COS(N)(=O)=O)[C@@H](O)[C@@H]3F)c2)c1=O.NS(=O)(=O)OC[C@H]1C[C@@H](Cc2ncncc2C(=O)c2ccn(Cc3cccc(F)c3F)n2)C[C@@H]1O.NS(=O)(=O)OC[C@H]1C[C@@H](Nc2ncncc2C(=O)c2ccn(Cc3ccc(Cl)c(OC(F)(F)F)c3)c2)[C@@H](F)[C@@H]1O.NS(=O)(=O)OC[C@H]1C[C@@H](Nc2ncncc2C(=O)c2ccn(Cc3ccccc3)c2)[C@H](O)[C@@H]1O. The molecule has 43 nitrogen and oxygen atoms in total. The predicted molar refractivity (Wildman–Crippen MR) is 499 cm³/mol. The normalized spacial score (nSPS) is 21.6. The number of ether oxygens (including phenoxy) is 1. The molecule has 0 spiro atoms. The third kappa shape index (κ3) is 30.2. The van der Waals surface area contributed by atoms with Gasteiger partial charge in [-0.2, -0.15) is 38.8 Å². The number of aryl methyl sites for hydroxylation is 1. The summed E-state index contributed by atoms with van der Waals surface area (Å²) in [5.74, 6) is -7.53. The Kier molecular flexibility index (Phi) is 35.9. The van der Waals surface area contributed by atoms with Crippen LogP contribution in [0.5, 0.6) is 5.75 Å². The van der Waals surface area contributed by atoms with Gasteiger partial charge in [0, 0.05) is 146 Å². The van der Waals surface area contributed by atoms with E-state index in [1.165, 1.54) is 108 Å². The zero-order valence-corrected chi connectivity index (χ0v) is 80.2. The number of nitrogens with one attached hydrogen (secondary N) is 2. The van der Waals surface area contributed by atoms with Gasteiger partial charge in [0.2, 0.25) is 5.78 Å². The van der Waals surface area contributed by atoms with Crippen molar-refractivity contribution in [2.75, 3.05) is 37.1 Å². The second-order valence-corrected chi connectivity index (χ2v) is 39.8. The van der Waals surface area contributed by atoms with E-state index in [2.05, 4.69) is 77.1 Å². The minimum absolute atomic E-state index is 0.0152. The summed E-state index contributed by atoms with van der Waals surface area (Å²) in [6.45, 7) is -0.653. The molecule has 4 aliphatic carbocycles. The van der Waals surface area contributed by atoms with Gasteiger partial charge in [0.05, 0.1) is 115 Å². The number of rotatable bonds is 37. The molecule has 9 heterocycles. The van der Waals surface area contributed by atoms with E-state index >= 15 is 0 Å². The fraction of sp³-hybridized carbons (Fsp3) is 0.356. The van der Waals surface area contributed by atoms with E-state index in [1.54, 1.807) is 65.2 Å². The highest BCUT2D eigenvalue weighted by molar-refractivity contribution is 7.85. The number of carbonyl (C=O) groups is 4. The maximum absolute atomic E-state index is 14.8. The lowest BCUT2D eigenvalue weighted by atomic mass is 9.95. The predicted octanol–water partition coefficient (Wildman–Crippen LogP) is 4.86. The molecule has 0 radical (unpaired) electrons. The van der Waals surface area contributed by atoms with E-state index in [9.17, 15) is 114 Å². The molecule has 12 aromatic rings. The average Bonchev–Trinajstić information content (AvgIpc) is 1.68. The number of hydrogen-bond donors (Lipinski definition) is 11. The zero-order chi connectivity index (χ0) is 105. The molecule has 16 rings (SSSR count). The quantitative estimate of drug-likeness (QED) is 0.0183. The number of nitrogens with zero attached hydrogens (tertiary/aromatic N) is 14. The molecule has 0 unspecified atom stereocenters. The Morgan fingerprint density at radius 3 is 1.51 bits per heavy atom. The van der Waals surface area contributed by atoms with Crippen LogP contribution in [0.15, 0.2) is 208 Å². The van der Waals surface area contributed by atoms with Crippen molar-refractivity contribution in [3.05, 3.63) is 308 Å². The molecule has 9 aromatic heterocycles. The Morgan fingerprint density at radius 1 is 0.476 bits per heavy atom. The minimum Gasteiger partial charge on any atom is -0.404 e. The molecule has 145 heavy (non-hydrogen) atoms. The number of aliphatic hydroxyl groups excluding tert-OH is 5. The maximum atomic E-state index is 14.8. The molecule has 774 valence electrons. The van der Waals surface area contributed by atoms with Gasteiger partial charge < -0.3 is 59.2 Å². The van der Waals surface area contributed by atoms with Crippen LogP contribution in [0, 0.1) is 47.1 Å². The smallest absolute Gasteiger partial charge is 0.404 e. The van der Waals surface area contributed by atoms with Gasteiger partial charge in [-0.15, -0.1) is 13.2 Å². The number of alkyl halides is 5. The highest BCUT2D eigenvalue weighted by Crippen LogP contribution is 2.40. The Bertz CT molecular complexity index is 7170. The van der Waals surface area contributed by atoms with Crippen LogP contribution in [0.3, 0.4) is 0 Å². The van der Waals surface area contributed by atoms with Crippen molar-refractivity contribution in [3.63, 3.8) is 0 Å². The van der Waals surface area contributed by atoms with Crippen LogP contribution in [0.1, 0.15) is 130 Å². The van der Waals surface area contributed by atoms with Crippen LogP contribution >= 0.6 is 11.6 Å². The molecule has 55 heteroatoms. The fourth-order valence-electron chi connectivity index (χ4n) is 17.1. The number of halogens is 8. The number of nitrogens with two attached hydrogens (primary N) is 4. The summed E-state index contributed by atoms with van der Waals surface area (Å²) in [5, 5.41) is 80.4. The van der Waals surface area contributed by atoms with Gasteiger partial charge in [-0.3, -0.25) is 45.4 Å². The van der Waals surface area contributed by atoms with Crippen LogP contribution in [0.25, 0.3) is 0 Å². The third-order valence-electron chi connectivity index (χ3n) is 24.2. The first-order valence-electron chi connectivity index (χ1n) is 44.0. The maximum Gasteiger partial charge on any atom is 0.573 e. The van der Waals surface area contributed by atoms with Crippen molar-refractivity contribution in [3.8, 4) is 5.75 Å². The van der Waals surface area contributed by atoms with Gasteiger partial charge in [-0.25, -0.2) is 78.0 Å². The standard InChI is InChI=1S/C23H22ClF4N5O6S.C23H26FN5O6S.C22H23F2N5O5S.C22H25N5O6S/c24-16-2-1-12(5-18(16)39-23(26,27)28)8-33-4-3-13(9-33)20(34)15-7-30-11-31-22(15)32-17-6-14(21(35)19(17)25)10-38-40(29,36)37;1-28-5-2-3-15(23(28)32)11-29-6-4-14(10-29)21(30)18-9-26-13-27-19(18)8-16-7-17(22(31)20(16)24)12-35-36(25,33)34;23-17-3-1-2-14(21(17)24)10-29-5-4-18(28-29)22(31)16-9-26-12-27-19(16)7-13-6-15(20(30)8-13)11-34-35(25,32)33;23-34(31,32)33-12-16-8-18(21(30)20(16)29)26-22-17(9-24-13-25-22)19(28)15-6-7-27(11-15)10-14-4-2-1-3-5-14/h1-5,7,9,11,14,17,19,21,35H,6,8,10H2,(H2,29,36,37)(H,30,31,32);2-6,9-10,13,16-17,20,22,31H,7-8,11-12H2,1H3,(H2,25,33,34);1-5,9,12-13,15,20,30H,6-8,10-11H2,(H2,25,32,33);1-7,9,11,13,16,18,20-21,29-30H,8,10,12H2,(H2,23,31,32)(H,24,25,26)/t14-,17-,19-,21-;16-,17+,20+,22+;13-,15+,20-;16-,18-,20-,21+/m1001/s1. The van der Waals surface area contributed by atoms with Crippen molar-refractivity contribution < 1.29 is 131 Å². The molecule has 4 aliphatic rings. The van der Waals surface area contributed by atoms with Crippen LogP contribution in [0.4, 0.5) is 42.4 Å². The first-order chi connectivity index (χ1) is 68.5. The lowest BCUT2D eigenvalue weighted by Crippen LogP contribution is -2.36. The van der Waals surface area contributed by atoms with E-state index in [0.29, 0.717) is 59.4 Å². The third-order valence-corrected chi connectivity index (χ3v) is 26.3. The summed E-state index contributed by atoms with van der Waals surface area (Å²) < 4.78 is 213. The monoisotopic (exact) mass is 2120 g/mol. The molecule has 0 aliphatic heterocycles. The van der Waals surface area contributed by atoms with E-state index in [1.807, 2.05) is 41.1 Å². The van der Waals surface area contributed by atoms with Crippen molar-refractivity contribution in [2.45, 2.75) is 132 Å². The van der Waals surface area contributed by atoms with E-state index in [4.69, 9.17) is 32.2 Å². The van der Waals surface area contributed by atoms with E-state index in [0.717, 1.165) is 24.0 Å². The number of hydrogen-bond acceptors (Lipinski definition) is 34. The Morgan fingerprint density at radius 2 is 0.952 bits per heavy atom. The van der Waals surface area contributed by atoms with E-state index in [-0.39, 0.29) is 137 Å². The molecule has 0 saturated heterocycles. The number of anilines is 2. The minimum atomic E-state index is -4.92. The topological polar surface area (TPSA) is 638 Å². The molecule has 4 fully saturated rings. The Labute approximate surface area is 827 Å². The van der Waals surface area contributed by atoms with Gasteiger partial charge in [-0.05, 0) is 116 Å². The highest BCUT2D eigenvalue weighted by atomic mass is 35.5. The van der Waals surface area contributed by atoms with Crippen molar-refractivity contribution in [2.24, 2.45) is 63.1 Å². The molecule has 0 amide bonds. The van der Waals surface area contributed by atoms with Gasteiger partial charge in [0.15, 0.2) is 29.0 Å². The van der Waals surface area contributed by atoms with Crippen LogP contribution in [0.2, 0.25) is 5.02 Å². The van der Waals surface area contributed by atoms with Crippen molar-refractivity contribution in [1.29, 1.82) is 0 Å². The second-order valence-electron chi connectivity index (χ2n) is 34.5. The molecule has 0 bridgehead atoms. The molecule has 4 saturated carbocycles. The van der Waals surface area contributed by atoms with E-state index < -0.39 is 174 Å². The Hall–Kier alpha value is -12.9. The van der Waals surface area contributed by atoms with Crippen molar-refractivity contribution >= 4 is 87.6 Å². The first kappa shape index (κ1) is 109. The number of pyridine rings is 1. The van der Waals surface area contributed by atoms with Crippen LogP contribution in [-0.4, -0.2) is 238 Å². The number of aliphatic hydroxyl groups is 5. The van der Waals surface area contributed by atoms with Crippen LogP contribution < -0.4 is 41.5 Å². The van der Waals surface area contributed by atoms with Gasteiger partial charge >= 0.3 is 47.6 Å². The summed E-state index contributed by atoms with van der Waals surface area (Å²) in [4.78, 5) is 97.3. The summed E-state index contributed by atoms with van der Waals surface area (Å²) in [5.41, 5.74) is 4.47. The molecule has 15 atom stereocenters. The molecular formula is C90H96ClF7N20O23S4.